The normalized spacial score (nSPS) is 22.9. The van der Waals surface area contributed by atoms with Gasteiger partial charge in [-0.2, -0.15) is 0 Å². The lowest BCUT2D eigenvalue weighted by atomic mass is 9.91. The first-order valence-corrected chi connectivity index (χ1v) is 14.4. The molecule has 0 radical (unpaired) electrons. The molecule has 0 bridgehead atoms. The minimum absolute atomic E-state index is 0.0337. The summed E-state index contributed by atoms with van der Waals surface area (Å²) in [5.41, 5.74) is 0.861. The Morgan fingerprint density at radius 2 is 1.88 bits per heavy atom. The molecule has 216 valence electrons. The molecule has 1 saturated heterocycles. The fraction of sp³-hybridized carbons (Fsp3) is 0.321. The third kappa shape index (κ3) is 5.29. The highest BCUT2D eigenvalue weighted by molar-refractivity contribution is 7.91. The number of rotatable bonds is 8. The van der Waals surface area contributed by atoms with Crippen LogP contribution in [0.25, 0.3) is 16.6 Å². The second-order valence-electron chi connectivity index (χ2n) is 9.64. The van der Waals surface area contributed by atoms with Crippen molar-refractivity contribution in [3.05, 3.63) is 72.9 Å². The van der Waals surface area contributed by atoms with Crippen LogP contribution in [0, 0.1) is 0 Å². The number of pyridine rings is 1. The summed E-state index contributed by atoms with van der Waals surface area (Å²) in [5, 5.41) is 33.6. The topological polar surface area (TPSA) is 173 Å². The van der Waals surface area contributed by atoms with Crippen LogP contribution in [0.3, 0.4) is 0 Å². The van der Waals surface area contributed by atoms with Gasteiger partial charge in [0.15, 0.2) is 0 Å². The van der Waals surface area contributed by atoms with E-state index in [9.17, 15) is 28.5 Å². The van der Waals surface area contributed by atoms with Gasteiger partial charge in [-0.1, -0.05) is 6.92 Å². The Morgan fingerprint density at radius 3 is 2.51 bits per heavy atom. The number of amides is 1. The minimum atomic E-state index is -4.06. The highest BCUT2D eigenvalue weighted by Crippen LogP contribution is 2.33. The third-order valence-electron chi connectivity index (χ3n) is 7.22. The predicted molar refractivity (Wildman–Crippen MR) is 147 cm³/mol. The fourth-order valence-corrected chi connectivity index (χ4v) is 6.40. The van der Waals surface area contributed by atoms with Crippen molar-refractivity contribution in [3.63, 3.8) is 0 Å². The third-order valence-corrected chi connectivity index (χ3v) is 8.99. The Morgan fingerprint density at radius 1 is 1.12 bits per heavy atom. The van der Waals surface area contributed by atoms with Crippen molar-refractivity contribution in [1.29, 1.82) is 0 Å². The summed E-state index contributed by atoms with van der Waals surface area (Å²) >= 11 is 0. The van der Waals surface area contributed by atoms with E-state index in [0.29, 0.717) is 23.1 Å². The van der Waals surface area contributed by atoms with Crippen molar-refractivity contribution in [3.8, 4) is 11.4 Å². The van der Waals surface area contributed by atoms with Gasteiger partial charge in [-0.3, -0.25) is 9.78 Å². The number of nitrogens with zero attached hydrogens (tertiary/aromatic N) is 3. The molecule has 1 aliphatic heterocycles. The zero-order valence-corrected chi connectivity index (χ0v) is 23.1. The van der Waals surface area contributed by atoms with E-state index >= 15 is 0 Å². The molecule has 41 heavy (non-hydrogen) atoms. The molecule has 1 fully saturated rings. The van der Waals surface area contributed by atoms with Gasteiger partial charge in [0.1, 0.15) is 29.0 Å². The Balaban J connectivity index is 1.57. The van der Waals surface area contributed by atoms with Crippen molar-refractivity contribution in [2.75, 3.05) is 13.7 Å². The van der Waals surface area contributed by atoms with E-state index in [0.717, 1.165) is 0 Å². The van der Waals surface area contributed by atoms with E-state index in [4.69, 9.17) is 9.47 Å². The first kappa shape index (κ1) is 28.6. The highest BCUT2D eigenvalue weighted by atomic mass is 32.2. The number of aliphatic hydroxyl groups is 3. The number of ether oxygens (including phenoxy) is 2. The Hall–Kier alpha value is -3.88. The SMILES string of the molecule is CCC1OC(CO)C(O)C(O)C1NC(=O)c1ccc2ncc(S(=O)(=O)c3ccc(OC)cc3)c(-n3ccnc3)c2c1. The summed E-state index contributed by atoms with van der Waals surface area (Å²) in [5.74, 6) is -0.0723. The van der Waals surface area contributed by atoms with Gasteiger partial charge in [0.2, 0.25) is 9.84 Å². The number of aromatic nitrogens is 3. The van der Waals surface area contributed by atoms with Crippen LogP contribution in [0.5, 0.6) is 5.75 Å². The Kier molecular flexibility index (Phi) is 8.07. The lowest BCUT2D eigenvalue weighted by Gasteiger charge is -2.42. The molecule has 0 aliphatic carbocycles. The van der Waals surface area contributed by atoms with Crippen LogP contribution in [-0.4, -0.2) is 88.4 Å². The molecule has 4 aromatic rings. The van der Waals surface area contributed by atoms with Crippen molar-refractivity contribution in [2.24, 2.45) is 0 Å². The lowest BCUT2D eigenvalue weighted by Crippen LogP contribution is -2.64. The number of carbonyl (C=O) groups is 1. The average Bonchev–Trinajstić information content (AvgIpc) is 3.53. The number of hydrogen-bond donors (Lipinski definition) is 4. The van der Waals surface area contributed by atoms with Gasteiger partial charge in [-0.15, -0.1) is 0 Å². The molecule has 5 unspecified atom stereocenters. The maximum atomic E-state index is 13.8. The van der Waals surface area contributed by atoms with Gasteiger partial charge >= 0.3 is 0 Å². The number of sulfone groups is 1. The van der Waals surface area contributed by atoms with Crippen LogP contribution >= 0.6 is 0 Å². The second-order valence-corrected chi connectivity index (χ2v) is 11.6. The standard InChI is InChI=1S/C28H30N4O8S/c1-3-21-24(27(35)26(34)22(14-33)40-21)31-28(36)16-4-9-20-19(12-16)25(32-11-10-29-15-32)23(13-30-20)41(37,38)18-7-5-17(39-2)6-8-18/h4-13,15,21-22,24,26-27,33-35H,3,14H2,1-2H3,(H,31,36). The lowest BCUT2D eigenvalue weighted by molar-refractivity contribution is -0.193. The van der Waals surface area contributed by atoms with E-state index < -0.39 is 52.8 Å². The molecule has 5 rings (SSSR count). The van der Waals surface area contributed by atoms with Crippen LogP contribution in [0.1, 0.15) is 23.7 Å². The molecule has 4 N–H and O–H groups in total. The molecule has 2 aromatic heterocycles. The molecule has 1 aliphatic rings. The van der Waals surface area contributed by atoms with Crippen LogP contribution in [0.2, 0.25) is 0 Å². The molecule has 12 nitrogen and oxygen atoms in total. The van der Waals surface area contributed by atoms with E-state index in [1.807, 2.05) is 0 Å². The first-order chi connectivity index (χ1) is 19.7. The fourth-order valence-electron chi connectivity index (χ4n) is 4.99. The number of hydrogen-bond acceptors (Lipinski definition) is 10. The van der Waals surface area contributed by atoms with Gasteiger partial charge in [0, 0.05) is 29.5 Å². The van der Waals surface area contributed by atoms with Crippen molar-refractivity contribution in [1.82, 2.24) is 19.9 Å². The molecule has 5 atom stereocenters. The van der Waals surface area contributed by atoms with Crippen LogP contribution in [-0.2, 0) is 14.6 Å². The highest BCUT2D eigenvalue weighted by Gasteiger charge is 2.44. The Labute approximate surface area is 236 Å². The number of fused-ring (bicyclic) bond motifs is 1. The van der Waals surface area contributed by atoms with Crippen molar-refractivity contribution < 1.29 is 38.0 Å². The molecular formula is C28H30N4O8S. The molecule has 13 heteroatoms. The number of aliphatic hydroxyl groups excluding tert-OH is 3. The largest absolute Gasteiger partial charge is 0.497 e. The molecule has 1 amide bonds. The molecule has 0 spiro atoms. The number of nitrogens with one attached hydrogen (secondary N) is 1. The zero-order valence-electron chi connectivity index (χ0n) is 22.3. The number of methoxy groups -OCH3 is 1. The summed E-state index contributed by atoms with van der Waals surface area (Å²) < 4.78 is 40.0. The van der Waals surface area contributed by atoms with Crippen molar-refractivity contribution in [2.45, 2.75) is 53.6 Å². The quantitative estimate of drug-likeness (QED) is 0.237. The summed E-state index contributed by atoms with van der Waals surface area (Å²) in [6.07, 6.45) is 1.84. The van der Waals surface area contributed by atoms with Gasteiger partial charge in [0.05, 0.1) is 48.3 Å². The summed E-state index contributed by atoms with van der Waals surface area (Å²) in [7, 11) is -2.58. The van der Waals surface area contributed by atoms with E-state index in [1.165, 1.54) is 50.1 Å². The summed E-state index contributed by atoms with van der Waals surface area (Å²) in [4.78, 5) is 21.8. The van der Waals surface area contributed by atoms with Gasteiger partial charge < -0.3 is 34.7 Å². The smallest absolute Gasteiger partial charge is 0.251 e. The molecule has 2 aromatic carbocycles. The number of carbonyl (C=O) groups excluding carboxylic acids is 1. The second kappa shape index (κ2) is 11.5. The maximum absolute atomic E-state index is 13.8. The van der Waals surface area contributed by atoms with Gasteiger partial charge in [-0.05, 0) is 48.9 Å². The molecular weight excluding hydrogens is 552 g/mol. The summed E-state index contributed by atoms with van der Waals surface area (Å²) in [6, 6.07) is 9.67. The zero-order chi connectivity index (χ0) is 29.3. The Bertz CT molecular complexity index is 1640. The van der Waals surface area contributed by atoms with Crippen molar-refractivity contribution >= 4 is 26.6 Å². The predicted octanol–water partition coefficient (Wildman–Crippen LogP) is 1.25. The van der Waals surface area contributed by atoms with Crippen LogP contribution in [0.4, 0.5) is 0 Å². The van der Waals surface area contributed by atoms with Crippen LogP contribution in [0.15, 0.2) is 77.2 Å². The summed E-state index contributed by atoms with van der Waals surface area (Å²) in [6.45, 7) is 1.32. The molecule has 3 heterocycles. The van der Waals surface area contributed by atoms with Gasteiger partial charge in [0.25, 0.3) is 5.91 Å². The average molecular weight is 583 g/mol. The number of benzene rings is 2. The van der Waals surface area contributed by atoms with Gasteiger partial charge in [-0.25, -0.2) is 13.4 Å². The minimum Gasteiger partial charge on any atom is -0.497 e. The molecule has 0 saturated carbocycles. The van der Waals surface area contributed by atoms with E-state index in [1.54, 1.807) is 35.9 Å². The van der Waals surface area contributed by atoms with Crippen LogP contribution < -0.4 is 10.1 Å². The number of imidazole rings is 1. The van der Waals surface area contributed by atoms with E-state index in [-0.39, 0.29) is 21.0 Å². The maximum Gasteiger partial charge on any atom is 0.251 e. The van der Waals surface area contributed by atoms with E-state index in [2.05, 4.69) is 15.3 Å². The first-order valence-electron chi connectivity index (χ1n) is 12.9. The monoisotopic (exact) mass is 582 g/mol.